The predicted molar refractivity (Wildman–Crippen MR) is 76.7 cm³/mol. The largest absolute Gasteiger partial charge is 0.339 e. The van der Waals surface area contributed by atoms with Crippen LogP contribution in [0.3, 0.4) is 0 Å². The smallest absolute Gasteiger partial charge is 0.225 e. The number of carbonyl (C=O) groups is 1. The van der Waals surface area contributed by atoms with Gasteiger partial charge in [0.15, 0.2) is 0 Å². The fourth-order valence-corrected chi connectivity index (χ4v) is 3.46. The number of fused-ring (bicyclic) bond motifs is 1. The molecule has 1 aromatic carbocycles. The summed E-state index contributed by atoms with van der Waals surface area (Å²) in [5.41, 5.74) is 2.49. The summed E-state index contributed by atoms with van der Waals surface area (Å²) in [6, 6.07) is 8.68. The first kappa shape index (κ1) is 12.7. The molecule has 2 nitrogen and oxygen atoms in total. The Bertz CT molecular complexity index is 469. The second kappa shape index (κ2) is 4.66. The summed E-state index contributed by atoms with van der Waals surface area (Å²) in [5, 5.41) is 0. The first-order valence-corrected chi connectivity index (χ1v) is 7.39. The molecular formula is C17H23NO. The monoisotopic (exact) mass is 257 g/mol. The van der Waals surface area contributed by atoms with Crippen LogP contribution in [0, 0.1) is 24.7 Å². The van der Waals surface area contributed by atoms with Gasteiger partial charge < -0.3 is 4.90 Å². The van der Waals surface area contributed by atoms with Crippen LogP contribution in [0.15, 0.2) is 24.3 Å². The van der Waals surface area contributed by atoms with Crippen molar-refractivity contribution < 1.29 is 4.79 Å². The van der Waals surface area contributed by atoms with Crippen LogP contribution in [0.2, 0.25) is 0 Å². The highest BCUT2D eigenvalue weighted by molar-refractivity contribution is 5.79. The fourth-order valence-electron chi connectivity index (χ4n) is 3.46. The van der Waals surface area contributed by atoms with Crippen LogP contribution in [0.4, 0.5) is 0 Å². The number of hydrogen-bond acceptors (Lipinski definition) is 1. The maximum atomic E-state index is 12.5. The molecule has 3 unspecified atom stereocenters. The quantitative estimate of drug-likeness (QED) is 0.810. The number of aryl methyl sites for hydroxylation is 1. The number of nitrogens with zero attached hydrogens (tertiary/aromatic N) is 1. The molecule has 3 atom stereocenters. The van der Waals surface area contributed by atoms with Gasteiger partial charge in [-0.2, -0.15) is 0 Å². The molecule has 2 aliphatic rings. The zero-order chi connectivity index (χ0) is 13.6. The second-order valence-corrected chi connectivity index (χ2v) is 6.46. The van der Waals surface area contributed by atoms with Crippen LogP contribution in [0.5, 0.6) is 0 Å². The Morgan fingerprint density at radius 1 is 1.16 bits per heavy atom. The number of carbonyl (C=O) groups excluding carboxylic acids is 1. The van der Waals surface area contributed by atoms with Crippen molar-refractivity contribution in [2.45, 2.75) is 39.2 Å². The number of amides is 1. The van der Waals surface area contributed by atoms with E-state index >= 15 is 0 Å². The Kier molecular flexibility index (Phi) is 3.12. The van der Waals surface area contributed by atoms with Gasteiger partial charge in [-0.05, 0) is 50.5 Å². The van der Waals surface area contributed by atoms with E-state index in [-0.39, 0.29) is 6.04 Å². The Morgan fingerprint density at radius 3 is 2.32 bits per heavy atom. The van der Waals surface area contributed by atoms with E-state index in [4.69, 9.17) is 0 Å². The highest BCUT2D eigenvalue weighted by atomic mass is 16.2. The molecular weight excluding hydrogens is 234 g/mol. The summed E-state index contributed by atoms with van der Waals surface area (Å²) >= 11 is 0. The Morgan fingerprint density at radius 2 is 1.74 bits per heavy atom. The van der Waals surface area contributed by atoms with E-state index in [1.165, 1.54) is 17.5 Å². The lowest BCUT2D eigenvalue weighted by Gasteiger charge is -2.28. The summed E-state index contributed by atoms with van der Waals surface area (Å²) in [6.07, 6.45) is 3.64. The lowest BCUT2D eigenvalue weighted by Crippen LogP contribution is -2.34. The van der Waals surface area contributed by atoms with Crippen molar-refractivity contribution in [3.8, 4) is 0 Å². The van der Waals surface area contributed by atoms with Gasteiger partial charge in [-0.25, -0.2) is 0 Å². The lowest BCUT2D eigenvalue weighted by molar-refractivity contribution is -0.136. The van der Waals surface area contributed by atoms with Crippen molar-refractivity contribution in [3.63, 3.8) is 0 Å². The molecule has 0 aromatic heterocycles. The van der Waals surface area contributed by atoms with Crippen molar-refractivity contribution in [1.82, 2.24) is 4.90 Å². The summed E-state index contributed by atoms with van der Waals surface area (Å²) in [6.45, 7) is 4.21. The molecule has 0 N–H and O–H groups in total. The molecule has 2 aliphatic carbocycles. The zero-order valence-electron chi connectivity index (χ0n) is 12.1. The van der Waals surface area contributed by atoms with E-state index in [2.05, 4.69) is 38.1 Å². The van der Waals surface area contributed by atoms with Gasteiger partial charge in [0.2, 0.25) is 5.91 Å². The summed E-state index contributed by atoms with van der Waals surface area (Å²) in [5.74, 6) is 2.39. The standard InChI is InChI=1S/C17H23NO/c1-11-4-6-13(7-5-11)12(2)18(3)17(19)16-9-14-8-15(14)10-16/h4-7,12,14-16H,8-10H2,1-3H3. The van der Waals surface area contributed by atoms with E-state index in [0.717, 1.165) is 24.7 Å². The molecule has 19 heavy (non-hydrogen) atoms. The predicted octanol–water partition coefficient (Wildman–Crippen LogP) is 3.56. The molecule has 0 bridgehead atoms. The van der Waals surface area contributed by atoms with Crippen LogP contribution in [-0.2, 0) is 4.79 Å². The number of rotatable bonds is 3. The summed E-state index contributed by atoms with van der Waals surface area (Å²) < 4.78 is 0. The average Bonchev–Trinajstić information content (AvgIpc) is 3.03. The molecule has 1 aromatic rings. The van der Waals surface area contributed by atoms with Crippen LogP contribution in [0.1, 0.15) is 43.4 Å². The van der Waals surface area contributed by atoms with Gasteiger partial charge in [0.1, 0.15) is 0 Å². The molecule has 2 fully saturated rings. The minimum absolute atomic E-state index is 0.171. The molecule has 0 radical (unpaired) electrons. The Labute approximate surface area is 115 Å². The van der Waals surface area contributed by atoms with E-state index in [1.54, 1.807) is 0 Å². The van der Waals surface area contributed by atoms with Crippen LogP contribution in [-0.4, -0.2) is 17.9 Å². The first-order chi connectivity index (χ1) is 9.06. The van der Waals surface area contributed by atoms with Crippen molar-refractivity contribution >= 4 is 5.91 Å². The molecule has 0 aliphatic heterocycles. The van der Waals surface area contributed by atoms with Crippen molar-refractivity contribution in [2.24, 2.45) is 17.8 Å². The van der Waals surface area contributed by atoms with Crippen LogP contribution >= 0.6 is 0 Å². The van der Waals surface area contributed by atoms with Gasteiger partial charge in [0.25, 0.3) is 0 Å². The van der Waals surface area contributed by atoms with Gasteiger partial charge in [-0.3, -0.25) is 4.79 Å². The van der Waals surface area contributed by atoms with E-state index < -0.39 is 0 Å². The van der Waals surface area contributed by atoms with Gasteiger partial charge in [-0.15, -0.1) is 0 Å². The first-order valence-electron chi connectivity index (χ1n) is 7.39. The van der Waals surface area contributed by atoms with Gasteiger partial charge in [0, 0.05) is 13.0 Å². The molecule has 1 amide bonds. The molecule has 2 saturated carbocycles. The zero-order valence-corrected chi connectivity index (χ0v) is 12.1. The Hall–Kier alpha value is -1.31. The minimum Gasteiger partial charge on any atom is -0.339 e. The maximum absolute atomic E-state index is 12.5. The topological polar surface area (TPSA) is 20.3 Å². The average molecular weight is 257 g/mol. The highest BCUT2D eigenvalue weighted by Crippen LogP contribution is 2.54. The molecule has 0 heterocycles. The van der Waals surface area contributed by atoms with Crippen molar-refractivity contribution in [1.29, 1.82) is 0 Å². The van der Waals surface area contributed by atoms with Crippen LogP contribution in [0.25, 0.3) is 0 Å². The van der Waals surface area contributed by atoms with Gasteiger partial charge in [-0.1, -0.05) is 29.8 Å². The highest BCUT2D eigenvalue weighted by Gasteiger charge is 2.48. The molecule has 2 heteroatoms. The molecule has 102 valence electrons. The normalized spacial score (nSPS) is 29.7. The van der Waals surface area contributed by atoms with Gasteiger partial charge in [0.05, 0.1) is 6.04 Å². The number of benzene rings is 1. The van der Waals surface area contributed by atoms with Crippen molar-refractivity contribution in [2.75, 3.05) is 7.05 Å². The minimum atomic E-state index is 0.171. The SMILES string of the molecule is Cc1ccc(C(C)N(C)C(=O)C2CC3CC3C2)cc1. The van der Waals surface area contributed by atoms with Crippen LogP contribution < -0.4 is 0 Å². The third-order valence-electron chi connectivity index (χ3n) is 5.08. The number of hydrogen-bond donors (Lipinski definition) is 0. The second-order valence-electron chi connectivity index (χ2n) is 6.46. The molecule has 3 rings (SSSR count). The third kappa shape index (κ3) is 2.41. The van der Waals surface area contributed by atoms with E-state index in [1.807, 2.05) is 11.9 Å². The Balaban J connectivity index is 1.66. The van der Waals surface area contributed by atoms with E-state index in [9.17, 15) is 4.79 Å². The van der Waals surface area contributed by atoms with Gasteiger partial charge >= 0.3 is 0 Å². The molecule has 0 spiro atoms. The third-order valence-corrected chi connectivity index (χ3v) is 5.08. The summed E-state index contributed by atoms with van der Waals surface area (Å²) in [4.78, 5) is 14.5. The lowest BCUT2D eigenvalue weighted by atomic mass is 9.99. The fraction of sp³-hybridized carbons (Fsp3) is 0.588. The molecule has 0 saturated heterocycles. The summed E-state index contributed by atoms with van der Waals surface area (Å²) in [7, 11) is 1.96. The van der Waals surface area contributed by atoms with Crippen molar-refractivity contribution in [3.05, 3.63) is 35.4 Å². The van der Waals surface area contributed by atoms with E-state index in [0.29, 0.717) is 11.8 Å². The maximum Gasteiger partial charge on any atom is 0.225 e.